The second-order valence-corrected chi connectivity index (χ2v) is 15.4. The number of hydrogen-bond donors (Lipinski definition) is 11. The Bertz CT molecular complexity index is 2510. The van der Waals surface area contributed by atoms with Gasteiger partial charge in [0.15, 0.2) is 11.6 Å². The Labute approximate surface area is 333 Å². The second kappa shape index (κ2) is 14.2. The van der Waals surface area contributed by atoms with Crippen LogP contribution in [0.3, 0.4) is 0 Å². The second-order valence-electron chi connectivity index (χ2n) is 15.4. The molecule has 0 spiro atoms. The van der Waals surface area contributed by atoms with Crippen LogP contribution in [0.25, 0.3) is 21.9 Å². The summed E-state index contributed by atoms with van der Waals surface area (Å²) in [6, 6.07) is 9.04. The molecule has 4 aromatic carbocycles. The van der Waals surface area contributed by atoms with E-state index in [9.17, 15) is 70.6 Å². The van der Waals surface area contributed by atoms with Crippen molar-refractivity contribution in [2.75, 3.05) is 6.61 Å². The molecule has 0 saturated carbocycles. The Kier molecular flexibility index (Phi) is 9.72. The molecule has 2 aliphatic heterocycles. The van der Waals surface area contributed by atoms with Gasteiger partial charge in [0, 0.05) is 33.4 Å². The molecular formula is C42H40O17. The number of benzene rings is 4. The van der Waals surface area contributed by atoms with Crippen LogP contribution in [0, 0.1) is 6.92 Å². The van der Waals surface area contributed by atoms with Gasteiger partial charge in [-0.1, -0.05) is 30.3 Å². The fourth-order valence-corrected chi connectivity index (χ4v) is 8.77. The lowest BCUT2D eigenvalue weighted by atomic mass is 9.67. The first-order valence-electron chi connectivity index (χ1n) is 18.6. The van der Waals surface area contributed by atoms with E-state index in [-0.39, 0.29) is 44.3 Å². The number of ether oxygens (including phenoxy) is 3. The molecule has 4 aliphatic rings. The average Bonchev–Trinajstić information content (AvgIpc) is 3.19. The summed E-state index contributed by atoms with van der Waals surface area (Å²) in [7, 11) is 0. The molecule has 11 N–H and O–H groups in total. The third-order valence-electron chi connectivity index (χ3n) is 11.8. The average molecular weight is 817 g/mol. The lowest BCUT2D eigenvalue weighted by Crippen LogP contribution is -2.64. The molecule has 2 fully saturated rings. The zero-order valence-corrected chi connectivity index (χ0v) is 31.5. The predicted molar refractivity (Wildman–Crippen MR) is 201 cm³/mol. The zero-order valence-electron chi connectivity index (χ0n) is 31.5. The quantitative estimate of drug-likeness (QED) is 0.127. The topological polar surface area (TPSA) is 301 Å². The molecule has 2 saturated heterocycles. The molecule has 17 heteroatoms. The van der Waals surface area contributed by atoms with Crippen LogP contribution < -0.4 is 4.74 Å². The largest absolute Gasteiger partial charge is 0.507 e. The van der Waals surface area contributed by atoms with E-state index in [0.717, 1.165) is 6.08 Å². The van der Waals surface area contributed by atoms with Crippen LogP contribution in [-0.4, -0.2) is 141 Å². The van der Waals surface area contributed by atoms with Gasteiger partial charge in [0.25, 0.3) is 0 Å². The number of aliphatic hydroxyl groups is 8. The van der Waals surface area contributed by atoms with Gasteiger partial charge in [0.1, 0.15) is 77.4 Å². The minimum atomic E-state index is -2.61. The first-order chi connectivity index (χ1) is 27.8. The number of phenolic OH excluding ortho intramolecular Hbond substituents is 3. The Morgan fingerprint density at radius 1 is 0.712 bits per heavy atom. The zero-order chi connectivity index (χ0) is 42.7. The predicted octanol–water partition coefficient (Wildman–Crippen LogP) is 0.0863. The van der Waals surface area contributed by atoms with Crippen molar-refractivity contribution in [3.05, 3.63) is 93.1 Å². The molecule has 59 heavy (non-hydrogen) atoms. The fraction of sp³-hybridized carbons (Fsp3) is 0.357. The molecule has 0 bridgehead atoms. The summed E-state index contributed by atoms with van der Waals surface area (Å²) < 4.78 is 17.4. The maximum atomic E-state index is 14.6. The molecule has 17 nitrogen and oxygen atoms in total. The van der Waals surface area contributed by atoms with E-state index in [0.29, 0.717) is 5.56 Å². The molecule has 0 aromatic heterocycles. The number of carbonyl (C=O) groups excluding carboxylic acids is 3. The smallest absolute Gasteiger partial charge is 0.229 e. The molecule has 310 valence electrons. The van der Waals surface area contributed by atoms with Crippen molar-refractivity contribution >= 4 is 28.1 Å². The molecule has 11 atom stereocenters. The van der Waals surface area contributed by atoms with Crippen LogP contribution in [0.2, 0.25) is 0 Å². The monoisotopic (exact) mass is 816 g/mol. The van der Waals surface area contributed by atoms with E-state index < -0.39 is 130 Å². The third kappa shape index (κ3) is 5.73. The lowest BCUT2D eigenvalue weighted by Gasteiger charge is -2.49. The van der Waals surface area contributed by atoms with Crippen molar-refractivity contribution in [3.63, 3.8) is 0 Å². The van der Waals surface area contributed by atoms with Crippen LogP contribution >= 0.6 is 0 Å². The summed E-state index contributed by atoms with van der Waals surface area (Å²) >= 11 is 0. The van der Waals surface area contributed by atoms with Crippen molar-refractivity contribution < 1.29 is 84.8 Å². The van der Waals surface area contributed by atoms with E-state index in [1.165, 1.54) is 56.3 Å². The van der Waals surface area contributed by atoms with Crippen molar-refractivity contribution in [1.82, 2.24) is 0 Å². The maximum Gasteiger partial charge on any atom is 0.229 e. The Balaban J connectivity index is 1.40. The van der Waals surface area contributed by atoms with Gasteiger partial charge in [-0.15, -0.1) is 0 Å². The molecule has 0 radical (unpaired) electrons. The van der Waals surface area contributed by atoms with Crippen molar-refractivity contribution in [2.45, 2.75) is 87.6 Å². The van der Waals surface area contributed by atoms with Crippen LogP contribution in [-0.2, 0) is 15.1 Å². The highest BCUT2D eigenvalue weighted by molar-refractivity contribution is 6.32. The highest BCUT2D eigenvalue weighted by atomic mass is 16.7. The molecule has 0 amide bonds. The first kappa shape index (κ1) is 40.5. The molecule has 4 aromatic rings. The first-order valence-corrected chi connectivity index (χ1v) is 18.6. The summed E-state index contributed by atoms with van der Waals surface area (Å²) in [4.78, 5) is 42.3. The van der Waals surface area contributed by atoms with Gasteiger partial charge in [0.05, 0.1) is 34.8 Å². The number of carbonyl (C=O) groups is 3. The standard InChI is InChI=1S/C42H40O17/c1-13-9-19-26(20(44)10-13)35(51)27-18(42(19,56)40-38(54)36(52)31(47)15(3)57-40)8-7-17(32(27)48)24-16-5-4-6-22(58-41-39(55)37(53)33(49)23(12-43)59-41)25(16)34(50)28-21(45)11-14(2)30(46)29(24)28/h4-11,15,23,31,33,36-41,43-44,47-50,52-56H,12H2,1-3H3/t15-,23+,31-,33+,36+,37-,38+,39+,40+,41+,42?/m0/s1. The van der Waals surface area contributed by atoms with Gasteiger partial charge in [0.2, 0.25) is 12.1 Å². The number of hydrogen-bond acceptors (Lipinski definition) is 17. The highest BCUT2D eigenvalue weighted by Crippen LogP contribution is 2.54. The summed E-state index contributed by atoms with van der Waals surface area (Å²) in [6.07, 6.45) is -16.0. The number of aromatic hydroxyl groups is 3. The number of allylic oxidation sites excluding steroid dienone is 2. The number of aliphatic hydroxyl groups excluding tert-OH is 7. The Hall–Kier alpha value is -5.31. The van der Waals surface area contributed by atoms with Gasteiger partial charge < -0.3 is 70.4 Å². The number of ketones is 3. The number of Topliss-reactive ketones (excluding diaryl/α,β-unsaturated/α-hetero) is 1. The summed E-state index contributed by atoms with van der Waals surface area (Å²) in [5.41, 5.74) is -5.47. The minimum absolute atomic E-state index is 0.0494. The molecule has 1 unspecified atom stereocenters. The fourth-order valence-electron chi connectivity index (χ4n) is 8.77. The molecular weight excluding hydrogens is 776 g/mol. The van der Waals surface area contributed by atoms with Crippen LogP contribution in [0.1, 0.15) is 67.2 Å². The van der Waals surface area contributed by atoms with Crippen molar-refractivity contribution in [1.29, 1.82) is 0 Å². The van der Waals surface area contributed by atoms with E-state index in [2.05, 4.69) is 0 Å². The summed E-state index contributed by atoms with van der Waals surface area (Å²) in [5.74, 6) is -5.19. The van der Waals surface area contributed by atoms with E-state index in [4.69, 9.17) is 14.2 Å². The SMILES string of the molecule is CC1=CC(=O)c2c(c(-c3ccc4c(c3O)C(=O)c3c(O)cc(C)cc3C4(O)[C@@H]3O[C@@H](C)[C@H](O)[C@@H](O)[C@H]3O)c3cccc(O[C@@H]4O[C@H](CO)[C@@H](O)[C@H](O)[C@H]4O)c3c2O)C1=O. The van der Waals surface area contributed by atoms with Crippen LogP contribution in [0.5, 0.6) is 23.0 Å². The van der Waals surface area contributed by atoms with E-state index in [1.54, 1.807) is 6.92 Å². The summed E-state index contributed by atoms with van der Waals surface area (Å²) in [5, 5.41) is 122. The van der Waals surface area contributed by atoms with E-state index >= 15 is 0 Å². The van der Waals surface area contributed by atoms with Crippen LogP contribution in [0.15, 0.2) is 54.1 Å². The van der Waals surface area contributed by atoms with Gasteiger partial charge >= 0.3 is 0 Å². The van der Waals surface area contributed by atoms with Gasteiger partial charge in [-0.2, -0.15) is 0 Å². The minimum Gasteiger partial charge on any atom is -0.507 e. The third-order valence-corrected chi connectivity index (χ3v) is 11.8. The van der Waals surface area contributed by atoms with Gasteiger partial charge in [-0.3, -0.25) is 14.4 Å². The Morgan fingerprint density at radius 2 is 1.41 bits per heavy atom. The maximum absolute atomic E-state index is 14.6. The number of fused-ring (bicyclic) bond motifs is 4. The number of aryl methyl sites for hydroxylation is 1. The van der Waals surface area contributed by atoms with Crippen LogP contribution in [0.4, 0.5) is 0 Å². The molecule has 2 heterocycles. The van der Waals surface area contributed by atoms with Crippen molar-refractivity contribution in [3.8, 4) is 34.1 Å². The van der Waals surface area contributed by atoms with E-state index in [1.807, 2.05) is 0 Å². The highest BCUT2D eigenvalue weighted by Gasteiger charge is 2.58. The summed E-state index contributed by atoms with van der Waals surface area (Å²) in [6.45, 7) is 3.51. The normalized spacial score (nSPS) is 31.7. The lowest BCUT2D eigenvalue weighted by molar-refractivity contribution is -0.277. The number of rotatable bonds is 5. The van der Waals surface area contributed by atoms with Gasteiger partial charge in [-0.05, 0) is 49.9 Å². The molecule has 2 aliphatic carbocycles. The Morgan fingerprint density at radius 3 is 2.10 bits per heavy atom. The van der Waals surface area contributed by atoms with Crippen molar-refractivity contribution in [2.24, 2.45) is 0 Å². The molecule has 8 rings (SSSR count). The van der Waals surface area contributed by atoms with Gasteiger partial charge in [-0.25, -0.2) is 0 Å². The number of phenols is 3.